The van der Waals surface area contributed by atoms with Gasteiger partial charge in [-0.3, -0.25) is 0 Å². The summed E-state index contributed by atoms with van der Waals surface area (Å²) in [7, 11) is -3.49. The molecule has 0 radical (unpaired) electrons. The van der Waals surface area contributed by atoms with Gasteiger partial charge in [0, 0.05) is 24.0 Å². The van der Waals surface area contributed by atoms with E-state index in [-0.39, 0.29) is 16.8 Å². The fourth-order valence-corrected chi connectivity index (χ4v) is 6.97. The number of nitrogens with zero attached hydrogens (tertiary/aromatic N) is 2. The van der Waals surface area contributed by atoms with Crippen molar-refractivity contribution in [2.24, 2.45) is 0 Å². The highest BCUT2D eigenvalue weighted by Crippen LogP contribution is 2.33. The minimum Gasteiger partial charge on any atom is -0.467 e. The molecule has 4 rings (SSSR count). The second kappa shape index (κ2) is 7.66. The van der Waals surface area contributed by atoms with Gasteiger partial charge in [-0.2, -0.15) is 9.29 Å². The molecule has 0 aliphatic carbocycles. The lowest BCUT2D eigenvalue weighted by Crippen LogP contribution is -2.41. The standard InChI is InChI=1S/C18H18F2N2O3S3/c1-2-13-3-4-16(26-13)28(23,24)22-7-5-12(6-8-22)25-18-21-17-14(20)9-11(19)10-15(17)27-18/h3-4,9-10,12H,2,5-8H2,1H3. The normalized spacial score (nSPS) is 16.7. The van der Waals surface area contributed by atoms with Crippen LogP contribution in [0.2, 0.25) is 0 Å². The Morgan fingerprint density at radius 3 is 2.64 bits per heavy atom. The number of benzene rings is 1. The van der Waals surface area contributed by atoms with Gasteiger partial charge in [0.05, 0.1) is 4.70 Å². The minimum absolute atomic E-state index is 0.0887. The predicted octanol–water partition coefficient (Wildman–Crippen LogP) is 4.43. The summed E-state index contributed by atoms with van der Waals surface area (Å²) in [6.07, 6.45) is 1.62. The molecule has 5 nitrogen and oxygen atoms in total. The predicted molar refractivity (Wildman–Crippen MR) is 106 cm³/mol. The molecule has 0 unspecified atom stereocenters. The number of fused-ring (bicyclic) bond motifs is 1. The highest BCUT2D eigenvalue weighted by atomic mass is 32.2. The molecule has 10 heteroatoms. The van der Waals surface area contributed by atoms with Crippen molar-refractivity contribution in [2.75, 3.05) is 13.1 Å². The van der Waals surface area contributed by atoms with Gasteiger partial charge in [0.1, 0.15) is 21.6 Å². The van der Waals surface area contributed by atoms with Crippen LogP contribution in [0.3, 0.4) is 0 Å². The maximum absolute atomic E-state index is 13.8. The van der Waals surface area contributed by atoms with Gasteiger partial charge in [-0.25, -0.2) is 17.2 Å². The Bertz CT molecular complexity index is 1100. The number of piperidine rings is 1. The van der Waals surface area contributed by atoms with Gasteiger partial charge in [0.2, 0.25) is 0 Å². The molecule has 0 atom stereocenters. The first-order chi connectivity index (χ1) is 13.4. The average Bonchev–Trinajstić information content (AvgIpc) is 3.29. The molecule has 1 aliphatic rings. The monoisotopic (exact) mass is 444 g/mol. The molecule has 0 spiro atoms. The summed E-state index contributed by atoms with van der Waals surface area (Å²) in [6, 6.07) is 5.53. The molecule has 1 aliphatic heterocycles. The first kappa shape index (κ1) is 19.7. The molecule has 150 valence electrons. The summed E-state index contributed by atoms with van der Waals surface area (Å²) in [4.78, 5) is 5.14. The molecule has 0 saturated carbocycles. The van der Waals surface area contributed by atoms with Crippen LogP contribution in [-0.4, -0.2) is 36.9 Å². The Kier molecular flexibility index (Phi) is 5.38. The quantitative estimate of drug-likeness (QED) is 0.584. The van der Waals surface area contributed by atoms with Crippen LogP contribution < -0.4 is 4.74 Å². The maximum atomic E-state index is 13.8. The van der Waals surface area contributed by atoms with Crippen molar-refractivity contribution in [2.45, 2.75) is 36.5 Å². The van der Waals surface area contributed by atoms with Crippen LogP contribution in [0.5, 0.6) is 5.19 Å². The number of hydrogen-bond donors (Lipinski definition) is 0. The first-order valence-electron chi connectivity index (χ1n) is 8.88. The lowest BCUT2D eigenvalue weighted by Gasteiger charge is -2.30. The summed E-state index contributed by atoms with van der Waals surface area (Å²) in [5.41, 5.74) is 0.0887. The summed E-state index contributed by atoms with van der Waals surface area (Å²) in [5, 5.41) is 0.270. The number of aromatic nitrogens is 1. The molecule has 3 heterocycles. The van der Waals surface area contributed by atoms with Gasteiger partial charge >= 0.3 is 0 Å². The van der Waals surface area contributed by atoms with E-state index in [1.54, 1.807) is 6.07 Å². The van der Waals surface area contributed by atoms with E-state index in [1.807, 2.05) is 13.0 Å². The number of rotatable bonds is 5. The smallest absolute Gasteiger partial charge is 0.274 e. The van der Waals surface area contributed by atoms with E-state index in [2.05, 4.69) is 4.98 Å². The van der Waals surface area contributed by atoms with Crippen LogP contribution in [0.4, 0.5) is 8.78 Å². The van der Waals surface area contributed by atoms with Crippen molar-refractivity contribution in [3.63, 3.8) is 0 Å². The molecule has 1 fully saturated rings. The zero-order chi connectivity index (χ0) is 19.9. The van der Waals surface area contributed by atoms with E-state index in [1.165, 1.54) is 21.7 Å². The first-order valence-corrected chi connectivity index (χ1v) is 11.9. The molecule has 0 N–H and O–H groups in total. The van der Waals surface area contributed by atoms with Gasteiger partial charge in [-0.1, -0.05) is 18.3 Å². The van der Waals surface area contributed by atoms with E-state index in [9.17, 15) is 17.2 Å². The fourth-order valence-electron chi connectivity index (χ4n) is 3.13. The van der Waals surface area contributed by atoms with Gasteiger partial charge in [0.15, 0.2) is 5.82 Å². The summed E-state index contributed by atoms with van der Waals surface area (Å²) < 4.78 is 60.7. The minimum atomic E-state index is -3.49. The van der Waals surface area contributed by atoms with E-state index in [4.69, 9.17) is 4.74 Å². The van der Waals surface area contributed by atoms with E-state index < -0.39 is 21.7 Å². The SMILES string of the molecule is CCc1ccc(S(=O)(=O)N2CCC(Oc3nc4c(F)cc(F)cc4s3)CC2)s1. The van der Waals surface area contributed by atoms with Crippen molar-refractivity contribution in [3.8, 4) is 5.19 Å². The van der Waals surface area contributed by atoms with E-state index in [0.717, 1.165) is 28.7 Å². The number of aryl methyl sites for hydroxylation is 1. The lowest BCUT2D eigenvalue weighted by atomic mass is 10.1. The largest absolute Gasteiger partial charge is 0.467 e. The number of thiophene rings is 1. The summed E-state index contributed by atoms with van der Waals surface area (Å²) >= 11 is 2.39. The Labute approximate surface area is 169 Å². The zero-order valence-corrected chi connectivity index (χ0v) is 17.5. The van der Waals surface area contributed by atoms with Crippen molar-refractivity contribution in [3.05, 3.63) is 40.8 Å². The third kappa shape index (κ3) is 3.78. The average molecular weight is 445 g/mol. The van der Waals surface area contributed by atoms with Gasteiger partial charge in [-0.05, 0) is 37.5 Å². The van der Waals surface area contributed by atoms with Crippen LogP contribution in [0.1, 0.15) is 24.6 Å². The van der Waals surface area contributed by atoms with E-state index in [0.29, 0.717) is 34.8 Å². The lowest BCUT2D eigenvalue weighted by molar-refractivity contribution is 0.135. The van der Waals surface area contributed by atoms with Crippen molar-refractivity contribution in [1.82, 2.24) is 9.29 Å². The molecule has 1 saturated heterocycles. The number of ether oxygens (including phenoxy) is 1. The third-order valence-electron chi connectivity index (χ3n) is 4.64. The molecular formula is C18H18F2N2O3S3. The van der Waals surface area contributed by atoms with Crippen molar-refractivity contribution < 1.29 is 21.9 Å². The second-order valence-corrected chi connectivity index (χ2v) is 10.8. The molecule has 2 aromatic heterocycles. The Morgan fingerprint density at radius 2 is 1.96 bits per heavy atom. The Morgan fingerprint density at radius 1 is 1.21 bits per heavy atom. The fraction of sp³-hybridized carbons (Fsp3) is 0.389. The van der Waals surface area contributed by atoms with Crippen LogP contribution in [0.15, 0.2) is 28.5 Å². The summed E-state index contributed by atoms with van der Waals surface area (Å²) in [5.74, 6) is -1.37. The van der Waals surface area contributed by atoms with Gasteiger partial charge < -0.3 is 4.74 Å². The summed E-state index contributed by atoms with van der Waals surface area (Å²) in [6.45, 7) is 2.69. The highest BCUT2D eigenvalue weighted by Gasteiger charge is 2.31. The molecule has 3 aromatic rings. The van der Waals surface area contributed by atoms with Crippen LogP contribution >= 0.6 is 22.7 Å². The number of thiazole rings is 1. The van der Waals surface area contributed by atoms with Crippen molar-refractivity contribution in [1.29, 1.82) is 0 Å². The maximum Gasteiger partial charge on any atom is 0.274 e. The zero-order valence-electron chi connectivity index (χ0n) is 15.0. The van der Waals surface area contributed by atoms with Crippen LogP contribution in [-0.2, 0) is 16.4 Å². The Balaban J connectivity index is 1.42. The Hall–Kier alpha value is -1.62. The highest BCUT2D eigenvalue weighted by molar-refractivity contribution is 7.91. The molecule has 1 aromatic carbocycles. The van der Waals surface area contributed by atoms with E-state index >= 15 is 0 Å². The van der Waals surface area contributed by atoms with Gasteiger partial charge in [-0.15, -0.1) is 11.3 Å². The second-order valence-electron chi connectivity index (χ2n) is 6.51. The molecular weight excluding hydrogens is 426 g/mol. The number of halogens is 2. The van der Waals surface area contributed by atoms with Gasteiger partial charge in [0.25, 0.3) is 15.2 Å². The van der Waals surface area contributed by atoms with Crippen LogP contribution in [0, 0.1) is 11.6 Å². The molecule has 28 heavy (non-hydrogen) atoms. The number of hydrogen-bond acceptors (Lipinski definition) is 6. The topological polar surface area (TPSA) is 59.5 Å². The molecule has 0 amide bonds. The number of sulfonamides is 1. The van der Waals surface area contributed by atoms with Crippen LogP contribution in [0.25, 0.3) is 10.2 Å². The molecule has 0 bridgehead atoms. The van der Waals surface area contributed by atoms with Crippen molar-refractivity contribution >= 4 is 42.9 Å². The third-order valence-corrected chi connectivity index (χ3v) is 9.13.